The maximum absolute atomic E-state index is 6.25. The summed E-state index contributed by atoms with van der Waals surface area (Å²) in [6, 6.07) is 0. The van der Waals surface area contributed by atoms with Crippen LogP contribution in [0.25, 0.3) is 0 Å². The summed E-state index contributed by atoms with van der Waals surface area (Å²) in [5, 5.41) is 6.25. The van der Waals surface area contributed by atoms with Crippen LogP contribution in [0, 0.1) is 11.8 Å². The minimum absolute atomic E-state index is 0. The molecule has 0 aliphatic carbocycles. The standard InChI is InChI=1S/CN.Cd.Na.H/c1-2;;;/q-1;;+1;-1. The molecule has 0 aromatic heterocycles. The van der Waals surface area contributed by atoms with Gasteiger partial charge in [-0.2, -0.15) is 0 Å². The Morgan fingerprint density at radius 1 is 1.50 bits per heavy atom. The zero-order valence-corrected chi connectivity index (χ0v) is 8.69. The van der Waals surface area contributed by atoms with Crippen LogP contribution >= 0.6 is 0 Å². The summed E-state index contributed by atoms with van der Waals surface area (Å²) in [4.78, 5) is 0. The molecule has 0 saturated heterocycles. The topological polar surface area (TPSA) is 23.8 Å². The van der Waals surface area contributed by atoms with E-state index in [2.05, 4.69) is 0 Å². The van der Waals surface area contributed by atoms with Gasteiger partial charge in [0.1, 0.15) is 0 Å². The van der Waals surface area contributed by atoms with E-state index in [-0.39, 0.29) is 58.3 Å². The molecule has 0 spiro atoms. The summed E-state index contributed by atoms with van der Waals surface area (Å²) in [6.45, 7) is 4.75. The first-order valence-electron chi connectivity index (χ1n) is 0.224. The Labute approximate surface area is 69.3 Å². The van der Waals surface area contributed by atoms with Gasteiger partial charge in [-0.1, -0.05) is 0 Å². The van der Waals surface area contributed by atoms with Crippen molar-refractivity contribution in [2.75, 3.05) is 0 Å². The van der Waals surface area contributed by atoms with Gasteiger partial charge < -0.3 is 13.3 Å². The van der Waals surface area contributed by atoms with E-state index in [4.69, 9.17) is 11.8 Å². The molecule has 0 atom stereocenters. The first-order chi connectivity index (χ1) is 1.00. The molecule has 0 aromatic rings. The van der Waals surface area contributed by atoms with E-state index in [0.29, 0.717) is 0 Å². The second-order valence-corrected chi connectivity index (χ2v) is 0. The van der Waals surface area contributed by atoms with Crippen molar-refractivity contribution in [3.8, 4) is 0 Å². The van der Waals surface area contributed by atoms with Crippen molar-refractivity contribution in [2.45, 2.75) is 0 Å². The van der Waals surface area contributed by atoms with Crippen molar-refractivity contribution in [2.24, 2.45) is 0 Å². The van der Waals surface area contributed by atoms with E-state index in [0.717, 1.165) is 0 Å². The van der Waals surface area contributed by atoms with Gasteiger partial charge in [0.2, 0.25) is 0 Å². The van der Waals surface area contributed by atoms with Gasteiger partial charge >= 0.3 is 29.6 Å². The predicted octanol–water partition coefficient (Wildman–Crippen LogP) is -2.79. The van der Waals surface area contributed by atoms with Crippen molar-refractivity contribution in [3.05, 3.63) is 6.57 Å². The molecule has 0 fully saturated rings. The zero-order valence-electron chi connectivity index (χ0n) is 3.65. The first-order valence-corrected chi connectivity index (χ1v) is 0.224. The van der Waals surface area contributed by atoms with Crippen LogP contribution in [0.3, 0.4) is 0 Å². The maximum atomic E-state index is 6.25. The fourth-order valence-electron chi connectivity index (χ4n) is 0. The van der Waals surface area contributed by atoms with Gasteiger partial charge in [0.15, 0.2) is 0 Å². The van der Waals surface area contributed by atoms with E-state index in [9.17, 15) is 0 Å². The SMILES string of the molecule is [C-]#N.[Cd].[H-].[Na+]. The fraction of sp³-hybridized carbons (Fsp3) is 0. The van der Waals surface area contributed by atoms with Crippen molar-refractivity contribution >= 4 is 0 Å². The predicted molar refractivity (Wildman–Crippen MR) is 6.08 cm³/mol. The van der Waals surface area contributed by atoms with Gasteiger partial charge in [0.05, 0.1) is 0 Å². The van der Waals surface area contributed by atoms with Crippen LogP contribution in [0.1, 0.15) is 1.43 Å². The van der Waals surface area contributed by atoms with Gasteiger partial charge in [0, 0.05) is 27.3 Å². The number of nitrogens with zero attached hydrogens (tertiary/aromatic N) is 1. The first kappa shape index (κ1) is 18.1. The number of rotatable bonds is 0. The number of hydrogen-bond acceptors (Lipinski definition) is 1. The minimum atomic E-state index is 0. The van der Waals surface area contributed by atoms with Crippen LogP contribution in [-0.4, -0.2) is 0 Å². The molecule has 0 rings (SSSR count). The monoisotopic (exact) mass is 164 g/mol. The summed E-state index contributed by atoms with van der Waals surface area (Å²) < 4.78 is 0. The van der Waals surface area contributed by atoms with Crippen LogP contribution in [-0.2, 0) is 27.3 Å². The molecule has 0 aliphatic rings. The molecular weight excluding hydrogens is 161 g/mol. The van der Waals surface area contributed by atoms with Crippen LogP contribution in [0.2, 0.25) is 0 Å². The molecule has 0 amide bonds. The Balaban J connectivity index is -0.00000000167. The third-order valence-electron chi connectivity index (χ3n) is 0. The molecule has 0 unspecified atom stereocenters. The molecule has 3 heteroatoms. The van der Waals surface area contributed by atoms with E-state index in [1.54, 1.807) is 0 Å². The summed E-state index contributed by atoms with van der Waals surface area (Å²) in [5.41, 5.74) is 0. The summed E-state index contributed by atoms with van der Waals surface area (Å²) in [7, 11) is 0. The van der Waals surface area contributed by atoms with Crippen molar-refractivity contribution in [1.29, 1.82) is 5.26 Å². The normalized spacial score (nSPS) is 0.500. The molecule has 1 nitrogen and oxygen atoms in total. The largest absolute Gasteiger partial charge is 1.00 e. The minimum Gasteiger partial charge on any atom is -1.00 e. The van der Waals surface area contributed by atoms with Crippen LogP contribution in [0.4, 0.5) is 0 Å². The Kier molecular flexibility index (Phi) is 117. The third-order valence-corrected chi connectivity index (χ3v) is 0. The van der Waals surface area contributed by atoms with Crippen molar-refractivity contribution in [1.82, 2.24) is 0 Å². The zero-order chi connectivity index (χ0) is 2.00. The Bertz CT molecular complexity index is 16.4. The summed E-state index contributed by atoms with van der Waals surface area (Å²) >= 11 is 0. The van der Waals surface area contributed by atoms with Gasteiger partial charge in [-0.25, -0.2) is 0 Å². The second-order valence-electron chi connectivity index (χ2n) is 0. The smallest absolute Gasteiger partial charge is 1.00 e. The molecule has 0 saturated carbocycles. The Morgan fingerprint density at radius 3 is 1.50 bits per heavy atom. The summed E-state index contributed by atoms with van der Waals surface area (Å²) in [6.07, 6.45) is 0. The van der Waals surface area contributed by atoms with Gasteiger partial charge in [-0.15, -0.1) is 0 Å². The van der Waals surface area contributed by atoms with Crippen LogP contribution in [0.15, 0.2) is 0 Å². The molecule has 0 aliphatic heterocycles. The summed E-state index contributed by atoms with van der Waals surface area (Å²) in [5.74, 6) is 0. The molecule has 0 aromatic carbocycles. The number of hydrogen-bond donors (Lipinski definition) is 0. The molecule has 0 bridgehead atoms. The molecule has 0 radical (unpaired) electrons. The van der Waals surface area contributed by atoms with Gasteiger partial charge in [0.25, 0.3) is 0 Å². The van der Waals surface area contributed by atoms with Crippen molar-refractivity contribution in [3.63, 3.8) is 0 Å². The average molecular weight is 162 g/mol. The maximum Gasteiger partial charge on any atom is 1.00 e. The molecule has 4 heavy (non-hydrogen) atoms. The van der Waals surface area contributed by atoms with Crippen LogP contribution < -0.4 is 29.6 Å². The molecule has 14 valence electrons. The fourth-order valence-corrected chi connectivity index (χ4v) is 0. The molecule has 0 heterocycles. The van der Waals surface area contributed by atoms with E-state index in [1.165, 1.54) is 0 Å². The third kappa shape index (κ3) is 9.96. The van der Waals surface area contributed by atoms with Crippen LogP contribution in [0.5, 0.6) is 0 Å². The Morgan fingerprint density at radius 2 is 1.50 bits per heavy atom. The second kappa shape index (κ2) is 25.8. The average Bonchev–Trinajstić information content (AvgIpc) is 1.00. The van der Waals surface area contributed by atoms with E-state index >= 15 is 0 Å². The van der Waals surface area contributed by atoms with Crippen molar-refractivity contribution < 1.29 is 58.3 Å². The van der Waals surface area contributed by atoms with E-state index in [1.807, 2.05) is 0 Å². The molecule has 0 N–H and O–H groups in total. The quantitative estimate of drug-likeness (QED) is 0.279. The molecular formula is CHCdNNa-. The van der Waals surface area contributed by atoms with E-state index < -0.39 is 0 Å². The Hall–Kier alpha value is 1.41. The van der Waals surface area contributed by atoms with Gasteiger partial charge in [-0.3, -0.25) is 0 Å². The van der Waals surface area contributed by atoms with Gasteiger partial charge in [-0.05, 0) is 0 Å².